The van der Waals surface area contributed by atoms with Crippen molar-refractivity contribution in [2.45, 2.75) is 12.8 Å². The number of ether oxygens (including phenoxy) is 1. The number of benzene rings is 2. The summed E-state index contributed by atoms with van der Waals surface area (Å²) in [6.07, 6.45) is 3.89. The first kappa shape index (κ1) is 21.2. The Morgan fingerprint density at radius 1 is 1.20 bits per heavy atom. The molecule has 0 saturated carbocycles. The fourth-order valence-corrected chi connectivity index (χ4v) is 3.83. The second-order valence-electron chi connectivity index (χ2n) is 6.90. The van der Waals surface area contributed by atoms with Gasteiger partial charge in [-0.05, 0) is 37.1 Å². The molecular formula is C21H20N2O6S. The zero-order valence-electron chi connectivity index (χ0n) is 16.2. The van der Waals surface area contributed by atoms with E-state index in [9.17, 15) is 23.6 Å². The lowest BCUT2D eigenvalue weighted by molar-refractivity contribution is 0.0693. The van der Waals surface area contributed by atoms with E-state index < -0.39 is 15.8 Å². The first-order valence-electron chi connectivity index (χ1n) is 9.12. The average molecular weight is 428 g/mol. The van der Waals surface area contributed by atoms with Crippen LogP contribution in [0.25, 0.3) is 16.6 Å². The molecule has 8 nitrogen and oxygen atoms in total. The van der Waals surface area contributed by atoms with Gasteiger partial charge in [0.1, 0.15) is 33.0 Å². The summed E-state index contributed by atoms with van der Waals surface area (Å²) in [5, 5.41) is 29.2. The molecule has 1 aromatic heterocycles. The molecule has 0 aliphatic rings. The molecule has 0 saturated heterocycles. The van der Waals surface area contributed by atoms with E-state index in [0.29, 0.717) is 47.4 Å². The standard InChI is InChI=1S/C21H20N2O6S/c1-30(27,28)9-3-2-8-29-16-5-7-17-14(12-22)13-23(19(17)11-16)15-4-6-18(21(25)26)20(24)10-15/h4-7,10-11,13,24H,2-3,8-9H2,1H3,(H,25,26). The molecule has 9 heteroatoms. The van der Waals surface area contributed by atoms with Crippen molar-refractivity contribution in [2.75, 3.05) is 18.6 Å². The van der Waals surface area contributed by atoms with Gasteiger partial charge in [-0.1, -0.05) is 0 Å². The predicted molar refractivity (Wildman–Crippen MR) is 111 cm³/mol. The van der Waals surface area contributed by atoms with Gasteiger partial charge in [-0.25, -0.2) is 13.2 Å². The van der Waals surface area contributed by atoms with Gasteiger partial charge < -0.3 is 19.5 Å². The third-order valence-corrected chi connectivity index (χ3v) is 5.60. The summed E-state index contributed by atoms with van der Waals surface area (Å²) in [5.74, 6) is -0.948. The van der Waals surface area contributed by atoms with Crippen molar-refractivity contribution in [3.63, 3.8) is 0 Å². The van der Waals surface area contributed by atoms with E-state index in [-0.39, 0.29) is 17.1 Å². The number of phenols is 1. The van der Waals surface area contributed by atoms with E-state index in [1.54, 1.807) is 35.0 Å². The minimum atomic E-state index is -2.99. The van der Waals surface area contributed by atoms with E-state index >= 15 is 0 Å². The van der Waals surface area contributed by atoms with Gasteiger partial charge >= 0.3 is 5.97 Å². The van der Waals surface area contributed by atoms with Gasteiger partial charge in [-0.15, -0.1) is 0 Å². The zero-order chi connectivity index (χ0) is 21.9. The first-order valence-corrected chi connectivity index (χ1v) is 11.2. The molecule has 0 aliphatic carbocycles. The van der Waals surface area contributed by atoms with Crippen LogP contribution in [0.15, 0.2) is 42.6 Å². The third kappa shape index (κ3) is 4.72. The molecule has 30 heavy (non-hydrogen) atoms. The van der Waals surface area contributed by atoms with Crippen LogP contribution in [0.4, 0.5) is 0 Å². The summed E-state index contributed by atoms with van der Waals surface area (Å²) in [4.78, 5) is 11.1. The van der Waals surface area contributed by atoms with Gasteiger partial charge in [0.25, 0.3) is 0 Å². The van der Waals surface area contributed by atoms with Crippen molar-refractivity contribution in [1.82, 2.24) is 4.57 Å². The molecular weight excluding hydrogens is 408 g/mol. The van der Waals surface area contributed by atoms with Gasteiger partial charge in [0, 0.05) is 35.7 Å². The van der Waals surface area contributed by atoms with E-state index in [0.717, 1.165) is 0 Å². The average Bonchev–Trinajstić information content (AvgIpc) is 3.04. The maximum atomic E-state index is 11.2. The van der Waals surface area contributed by atoms with Crippen molar-refractivity contribution in [3.05, 3.63) is 53.7 Å². The SMILES string of the molecule is CS(=O)(=O)CCCCOc1ccc2c(C#N)cn(-c3ccc(C(=O)O)c(O)c3)c2c1. The summed E-state index contributed by atoms with van der Waals surface area (Å²) in [5.41, 5.74) is 1.36. The number of nitrogens with zero attached hydrogens (tertiary/aromatic N) is 2. The second-order valence-corrected chi connectivity index (χ2v) is 9.16. The number of sulfone groups is 1. The summed E-state index contributed by atoms with van der Waals surface area (Å²) in [6, 6.07) is 11.5. The van der Waals surface area contributed by atoms with Gasteiger partial charge in [-0.2, -0.15) is 5.26 Å². The normalized spacial score (nSPS) is 11.3. The topological polar surface area (TPSA) is 130 Å². The number of rotatable bonds is 8. The highest BCUT2D eigenvalue weighted by atomic mass is 32.2. The zero-order valence-corrected chi connectivity index (χ0v) is 17.0. The third-order valence-electron chi connectivity index (χ3n) is 4.57. The van der Waals surface area contributed by atoms with Crippen LogP contribution in [0.1, 0.15) is 28.8 Å². The van der Waals surface area contributed by atoms with Crippen molar-refractivity contribution in [1.29, 1.82) is 5.26 Å². The van der Waals surface area contributed by atoms with Gasteiger partial charge in [0.2, 0.25) is 0 Å². The number of aromatic nitrogens is 1. The minimum Gasteiger partial charge on any atom is -0.507 e. The fraction of sp³-hybridized carbons (Fsp3) is 0.238. The smallest absolute Gasteiger partial charge is 0.339 e. The predicted octanol–water partition coefficient (Wildman–Crippen LogP) is 3.11. The second kappa shape index (κ2) is 8.47. The van der Waals surface area contributed by atoms with Crippen molar-refractivity contribution < 1.29 is 28.2 Å². The molecule has 0 amide bonds. The van der Waals surface area contributed by atoms with Crippen LogP contribution in [-0.2, 0) is 9.84 Å². The lowest BCUT2D eigenvalue weighted by Gasteiger charge is -2.10. The minimum absolute atomic E-state index is 0.111. The summed E-state index contributed by atoms with van der Waals surface area (Å²) >= 11 is 0. The van der Waals surface area contributed by atoms with Gasteiger partial charge in [-0.3, -0.25) is 0 Å². The summed E-state index contributed by atoms with van der Waals surface area (Å²) < 4.78 is 29.7. The lowest BCUT2D eigenvalue weighted by Crippen LogP contribution is -2.05. The number of carbonyl (C=O) groups is 1. The highest BCUT2D eigenvalue weighted by molar-refractivity contribution is 7.90. The van der Waals surface area contributed by atoms with Crippen molar-refractivity contribution in [2.24, 2.45) is 0 Å². The quantitative estimate of drug-likeness (QED) is 0.527. The lowest BCUT2D eigenvalue weighted by atomic mass is 10.1. The first-order chi connectivity index (χ1) is 14.2. The van der Waals surface area contributed by atoms with Crippen molar-refractivity contribution in [3.8, 4) is 23.3 Å². The molecule has 2 N–H and O–H groups in total. The molecule has 0 fully saturated rings. The fourth-order valence-electron chi connectivity index (χ4n) is 3.11. The van der Waals surface area contributed by atoms with Crippen LogP contribution in [-0.4, -0.2) is 47.8 Å². The van der Waals surface area contributed by atoms with E-state index in [1.165, 1.54) is 18.4 Å². The maximum absolute atomic E-state index is 11.2. The molecule has 0 bridgehead atoms. The van der Waals surface area contributed by atoms with Crippen LogP contribution in [0.2, 0.25) is 0 Å². The molecule has 0 aliphatic heterocycles. The van der Waals surface area contributed by atoms with Crippen molar-refractivity contribution >= 4 is 26.7 Å². The number of hydrogen-bond donors (Lipinski definition) is 2. The summed E-state index contributed by atoms with van der Waals surface area (Å²) in [7, 11) is -2.99. The van der Waals surface area contributed by atoms with Crippen LogP contribution in [0.5, 0.6) is 11.5 Å². The molecule has 0 spiro atoms. The Morgan fingerprint density at radius 2 is 1.97 bits per heavy atom. The molecule has 2 aromatic carbocycles. The number of nitriles is 1. The molecule has 1 heterocycles. The molecule has 3 rings (SSSR count). The number of hydrogen-bond acceptors (Lipinski definition) is 6. The van der Waals surface area contributed by atoms with Crippen LogP contribution < -0.4 is 4.74 Å². The Labute approximate surface area is 173 Å². The number of carboxylic acid groups (broad SMARTS) is 1. The number of fused-ring (bicyclic) bond motifs is 1. The molecule has 0 unspecified atom stereocenters. The Bertz CT molecular complexity index is 1250. The number of carboxylic acids is 1. The molecule has 3 aromatic rings. The maximum Gasteiger partial charge on any atom is 0.339 e. The van der Waals surface area contributed by atoms with Gasteiger partial charge in [0.05, 0.1) is 23.4 Å². The van der Waals surface area contributed by atoms with Gasteiger partial charge in [0.15, 0.2) is 0 Å². The Hall–Kier alpha value is -3.51. The molecule has 0 atom stereocenters. The number of aromatic hydroxyl groups is 1. The van der Waals surface area contributed by atoms with E-state index in [2.05, 4.69) is 6.07 Å². The summed E-state index contributed by atoms with van der Waals surface area (Å²) in [6.45, 7) is 0.348. The number of aromatic carboxylic acids is 1. The largest absolute Gasteiger partial charge is 0.507 e. The van der Waals surface area contributed by atoms with E-state index in [1.807, 2.05) is 0 Å². The highest BCUT2D eigenvalue weighted by Crippen LogP contribution is 2.30. The van der Waals surface area contributed by atoms with Crippen LogP contribution in [0.3, 0.4) is 0 Å². The Kier molecular flexibility index (Phi) is 5.99. The number of unbranched alkanes of at least 4 members (excludes halogenated alkanes) is 1. The Morgan fingerprint density at radius 3 is 2.60 bits per heavy atom. The highest BCUT2D eigenvalue weighted by Gasteiger charge is 2.14. The Balaban J connectivity index is 1.88. The van der Waals surface area contributed by atoms with Crippen LogP contribution in [0, 0.1) is 11.3 Å². The molecule has 156 valence electrons. The van der Waals surface area contributed by atoms with Crippen LogP contribution >= 0.6 is 0 Å². The van der Waals surface area contributed by atoms with E-state index in [4.69, 9.17) is 9.84 Å². The molecule has 0 radical (unpaired) electrons. The monoisotopic (exact) mass is 428 g/mol.